The fraction of sp³-hybridized carbons (Fsp3) is 0.833. The van der Waals surface area contributed by atoms with Crippen LogP contribution in [0.5, 0.6) is 0 Å². The number of likely N-dealkylation sites (N-methyl/N-ethyl adjacent to an activating group) is 1. The molecule has 0 aromatic heterocycles. The van der Waals surface area contributed by atoms with Crippen molar-refractivity contribution in [3.63, 3.8) is 0 Å². The minimum Gasteiger partial charge on any atom is -0.348 e. The van der Waals surface area contributed by atoms with E-state index in [2.05, 4.69) is 5.32 Å². The molecule has 0 spiro atoms. The Morgan fingerprint density at radius 2 is 1.50 bits per heavy atom. The van der Waals surface area contributed by atoms with E-state index in [0.717, 1.165) is 0 Å². The zero-order chi connectivity index (χ0) is 12.7. The number of nitrogens with zero attached hydrogens (tertiary/aromatic N) is 1. The molecule has 0 aromatic rings. The van der Waals surface area contributed by atoms with Gasteiger partial charge in [-0.3, -0.25) is 9.59 Å². The third-order valence-electron chi connectivity index (χ3n) is 1.99. The summed E-state index contributed by atoms with van der Waals surface area (Å²) in [6.45, 7) is 11.7. The van der Waals surface area contributed by atoms with Gasteiger partial charge < -0.3 is 10.2 Å². The van der Waals surface area contributed by atoms with Crippen LogP contribution in [0.25, 0.3) is 0 Å². The third kappa shape index (κ3) is 5.73. The van der Waals surface area contributed by atoms with Gasteiger partial charge in [0.15, 0.2) is 0 Å². The molecule has 4 heteroatoms. The quantitative estimate of drug-likeness (QED) is 0.720. The highest BCUT2D eigenvalue weighted by Crippen LogP contribution is 2.04. The molecule has 0 aliphatic heterocycles. The van der Waals surface area contributed by atoms with Crippen molar-refractivity contribution in [3.8, 4) is 0 Å². The van der Waals surface area contributed by atoms with Crippen LogP contribution in [0.2, 0.25) is 0 Å². The number of hydrogen-bond acceptors (Lipinski definition) is 2. The Labute approximate surface area is 98.4 Å². The molecular weight excluding hydrogens is 204 g/mol. The van der Waals surface area contributed by atoms with Gasteiger partial charge in [0, 0.05) is 19.6 Å². The summed E-state index contributed by atoms with van der Waals surface area (Å²) < 4.78 is 0. The average Bonchev–Trinajstić information content (AvgIpc) is 2.14. The Morgan fingerprint density at radius 1 is 1.06 bits per heavy atom. The molecule has 0 fully saturated rings. The molecule has 0 saturated carbocycles. The van der Waals surface area contributed by atoms with E-state index in [1.807, 2.05) is 27.7 Å². The highest BCUT2D eigenvalue weighted by Gasteiger charge is 2.22. The highest BCUT2D eigenvalue weighted by molar-refractivity contribution is 6.34. The Bertz CT molecular complexity index is 227. The molecule has 16 heavy (non-hydrogen) atoms. The van der Waals surface area contributed by atoms with E-state index in [4.69, 9.17) is 0 Å². The number of amides is 2. The maximum atomic E-state index is 11.8. The van der Waals surface area contributed by atoms with Crippen molar-refractivity contribution in [1.82, 2.24) is 10.2 Å². The van der Waals surface area contributed by atoms with Crippen molar-refractivity contribution in [3.05, 3.63) is 0 Å². The van der Waals surface area contributed by atoms with E-state index >= 15 is 0 Å². The van der Waals surface area contributed by atoms with Crippen molar-refractivity contribution in [2.75, 3.05) is 19.6 Å². The summed E-state index contributed by atoms with van der Waals surface area (Å²) in [7, 11) is 0. The summed E-state index contributed by atoms with van der Waals surface area (Å²) in [5.74, 6) is -0.165. The first-order valence-corrected chi connectivity index (χ1v) is 5.95. The molecular formula is C12H24N2O2. The molecule has 0 radical (unpaired) electrons. The molecule has 0 aromatic carbocycles. The van der Waals surface area contributed by atoms with E-state index in [-0.39, 0.29) is 0 Å². The van der Waals surface area contributed by atoms with Crippen LogP contribution in [0.15, 0.2) is 0 Å². The second kappa shape index (κ2) is 7.25. The van der Waals surface area contributed by atoms with E-state index in [0.29, 0.717) is 31.5 Å². The monoisotopic (exact) mass is 228 g/mol. The average molecular weight is 228 g/mol. The minimum atomic E-state index is -0.496. The SMILES string of the molecule is CCNC(=O)C(=O)N(CC(C)C)CC(C)C. The minimum absolute atomic E-state index is 0.372. The van der Waals surface area contributed by atoms with Crippen molar-refractivity contribution in [2.45, 2.75) is 34.6 Å². The summed E-state index contributed by atoms with van der Waals surface area (Å²) in [4.78, 5) is 24.9. The number of carbonyl (C=O) groups excluding carboxylic acids is 2. The number of carbonyl (C=O) groups is 2. The van der Waals surface area contributed by atoms with Gasteiger partial charge in [0.05, 0.1) is 0 Å². The second-order valence-electron chi connectivity index (χ2n) is 4.86. The molecule has 94 valence electrons. The summed E-state index contributed by atoms with van der Waals surface area (Å²) >= 11 is 0. The van der Waals surface area contributed by atoms with Crippen LogP contribution < -0.4 is 5.32 Å². The molecule has 2 amide bonds. The fourth-order valence-electron chi connectivity index (χ4n) is 1.50. The van der Waals surface area contributed by atoms with Crippen LogP contribution in [0.1, 0.15) is 34.6 Å². The Balaban J connectivity index is 4.48. The Hall–Kier alpha value is -1.06. The summed E-state index contributed by atoms with van der Waals surface area (Å²) in [6.07, 6.45) is 0. The van der Waals surface area contributed by atoms with Crippen LogP contribution in [0, 0.1) is 11.8 Å². The molecule has 0 rings (SSSR count). The standard InChI is InChI=1S/C12H24N2O2/c1-6-13-11(15)12(16)14(7-9(2)3)8-10(4)5/h9-10H,6-8H2,1-5H3,(H,13,15). The van der Waals surface area contributed by atoms with Crippen molar-refractivity contribution < 1.29 is 9.59 Å². The molecule has 0 atom stereocenters. The predicted molar refractivity (Wildman–Crippen MR) is 64.9 cm³/mol. The van der Waals surface area contributed by atoms with Gasteiger partial charge in [-0.05, 0) is 18.8 Å². The molecule has 0 aliphatic rings. The number of hydrogen-bond donors (Lipinski definition) is 1. The first-order valence-electron chi connectivity index (χ1n) is 5.95. The van der Waals surface area contributed by atoms with E-state index in [1.165, 1.54) is 0 Å². The van der Waals surface area contributed by atoms with Gasteiger partial charge in [-0.2, -0.15) is 0 Å². The van der Waals surface area contributed by atoms with Crippen LogP contribution >= 0.6 is 0 Å². The van der Waals surface area contributed by atoms with Crippen LogP contribution in [-0.4, -0.2) is 36.3 Å². The van der Waals surface area contributed by atoms with Gasteiger partial charge in [-0.1, -0.05) is 27.7 Å². The lowest BCUT2D eigenvalue weighted by atomic mass is 10.1. The first kappa shape index (κ1) is 14.9. The lowest BCUT2D eigenvalue weighted by Gasteiger charge is -2.25. The van der Waals surface area contributed by atoms with Crippen LogP contribution in [-0.2, 0) is 9.59 Å². The third-order valence-corrected chi connectivity index (χ3v) is 1.99. The van der Waals surface area contributed by atoms with Gasteiger partial charge >= 0.3 is 11.8 Å². The fourth-order valence-corrected chi connectivity index (χ4v) is 1.50. The van der Waals surface area contributed by atoms with Crippen LogP contribution in [0.4, 0.5) is 0 Å². The van der Waals surface area contributed by atoms with Crippen molar-refractivity contribution in [2.24, 2.45) is 11.8 Å². The predicted octanol–water partition coefficient (Wildman–Crippen LogP) is 1.26. The largest absolute Gasteiger partial charge is 0.348 e. The van der Waals surface area contributed by atoms with Crippen molar-refractivity contribution >= 4 is 11.8 Å². The van der Waals surface area contributed by atoms with Gasteiger partial charge in [0.2, 0.25) is 0 Å². The van der Waals surface area contributed by atoms with E-state index in [1.54, 1.807) is 11.8 Å². The summed E-state index contributed by atoms with van der Waals surface area (Å²) in [5, 5.41) is 2.54. The maximum absolute atomic E-state index is 11.8. The van der Waals surface area contributed by atoms with Gasteiger partial charge in [-0.25, -0.2) is 0 Å². The van der Waals surface area contributed by atoms with Gasteiger partial charge in [0.1, 0.15) is 0 Å². The Kier molecular flexibility index (Phi) is 6.77. The summed E-state index contributed by atoms with van der Waals surface area (Å²) in [6, 6.07) is 0. The van der Waals surface area contributed by atoms with Crippen LogP contribution in [0.3, 0.4) is 0 Å². The van der Waals surface area contributed by atoms with Gasteiger partial charge in [0.25, 0.3) is 0 Å². The highest BCUT2D eigenvalue weighted by atomic mass is 16.2. The summed E-state index contributed by atoms with van der Waals surface area (Å²) in [5.41, 5.74) is 0. The second-order valence-corrected chi connectivity index (χ2v) is 4.86. The zero-order valence-corrected chi connectivity index (χ0v) is 11.0. The number of nitrogens with one attached hydrogen (secondary N) is 1. The molecule has 4 nitrogen and oxygen atoms in total. The molecule has 0 bridgehead atoms. The van der Waals surface area contributed by atoms with E-state index < -0.39 is 11.8 Å². The topological polar surface area (TPSA) is 49.4 Å². The smallest absolute Gasteiger partial charge is 0.311 e. The molecule has 0 heterocycles. The first-order chi connectivity index (χ1) is 7.38. The maximum Gasteiger partial charge on any atom is 0.311 e. The number of rotatable bonds is 5. The lowest BCUT2D eigenvalue weighted by Crippen LogP contribution is -2.45. The molecule has 1 N–H and O–H groups in total. The molecule has 0 saturated heterocycles. The lowest BCUT2D eigenvalue weighted by molar-refractivity contribution is -0.146. The normalized spacial score (nSPS) is 10.7. The molecule has 0 unspecified atom stereocenters. The zero-order valence-electron chi connectivity index (χ0n) is 11.0. The van der Waals surface area contributed by atoms with E-state index in [9.17, 15) is 9.59 Å². The molecule has 0 aliphatic carbocycles. The van der Waals surface area contributed by atoms with Crippen molar-refractivity contribution in [1.29, 1.82) is 0 Å². The van der Waals surface area contributed by atoms with Gasteiger partial charge in [-0.15, -0.1) is 0 Å². The Morgan fingerprint density at radius 3 is 1.81 bits per heavy atom.